The molecule has 0 aromatic heterocycles. The Morgan fingerprint density at radius 1 is 0.912 bits per heavy atom. The van der Waals surface area contributed by atoms with Gasteiger partial charge in [0.15, 0.2) is 0 Å². The lowest BCUT2D eigenvalue weighted by Gasteiger charge is -2.25. The number of nitrogens with one attached hydrogen (secondary N) is 1. The lowest BCUT2D eigenvalue weighted by molar-refractivity contribution is -0.119. The molecule has 1 N–H and O–H groups in total. The van der Waals surface area contributed by atoms with Crippen LogP contribution in [-0.4, -0.2) is 33.2 Å². The number of carbonyl (C=O) groups excluding carboxylic acids is 1. The zero-order valence-corrected chi connectivity index (χ0v) is 21.6. The minimum Gasteiger partial charge on any atom is -0.354 e. The molecule has 34 heavy (non-hydrogen) atoms. The first-order valence-corrected chi connectivity index (χ1v) is 13.9. The van der Waals surface area contributed by atoms with Crippen molar-refractivity contribution in [3.63, 3.8) is 0 Å². The third-order valence-corrected chi connectivity index (χ3v) is 8.44. The molecule has 3 aromatic carbocycles. The van der Waals surface area contributed by atoms with Gasteiger partial charge in [-0.3, -0.25) is 9.10 Å². The summed E-state index contributed by atoms with van der Waals surface area (Å²) >= 11 is 1.82. The van der Waals surface area contributed by atoms with Crippen molar-refractivity contribution >= 4 is 33.4 Å². The van der Waals surface area contributed by atoms with E-state index in [4.69, 9.17) is 0 Å². The van der Waals surface area contributed by atoms with E-state index in [-0.39, 0.29) is 17.3 Å². The third kappa shape index (κ3) is 7.11. The standard InChI is InChI=1S/C27H32N2O3S2/c1-21-9-7-10-24(17-21)20-33-16-8-15-28-27(30)19-29(25-14-13-22(2)23(3)18-25)34(31,32)26-11-5-4-6-12-26/h4-7,9-14,17-18H,8,15-16,19-20H2,1-3H3,(H,28,30). The molecule has 1 amide bonds. The quantitative estimate of drug-likeness (QED) is 0.368. The van der Waals surface area contributed by atoms with E-state index in [1.165, 1.54) is 15.4 Å². The highest BCUT2D eigenvalue weighted by atomic mass is 32.2. The number of aryl methyl sites for hydroxylation is 3. The molecule has 0 aliphatic heterocycles. The van der Waals surface area contributed by atoms with E-state index in [9.17, 15) is 13.2 Å². The van der Waals surface area contributed by atoms with Crippen LogP contribution in [0.15, 0.2) is 77.7 Å². The van der Waals surface area contributed by atoms with E-state index >= 15 is 0 Å². The minimum atomic E-state index is -3.88. The second kappa shape index (κ2) is 12.1. The second-order valence-electron chi connectivity index (χ2n) is 8.34. The second-order valence-corrected chi connectivity index (χ2v) is 11.3. The molecule has 7 heteroatoms. The molecule has 0 aliphatic carbocycles. The predicted octanol–water partition coefficient (Wildman–Crippen LogP) is 5.25. The maximum Gasteiger partial charge on any atom is 0.264 e. The first-order valence-electron chi connectivity index (χ1n) is 11.3. The number of thioether (sulfide) groups is 1. The molecule has 0 heterocycles. The van der Waals surface area contributed by atoms with Gasteiger partial charge in [-0.15, -0.1) is 0 Å². The van der Waals surface area contributed by atoms with Crippen molar-refractivity contribution in [1.82, 2.24) is 5.32 Å². The molecule has 3 rings (SSSR count). The molecule has 0 saturated heterocycles. The Hall–Kier alpha value is -2.77. The molecule has 0 spiro atoms. The van der Waals surface area contributed by atoms with Crippen LogP contribution in [0.1, 0.15) is 28.7 Å². The van der Waals surface area contributed by atoms with Crippen LogP contribution in [0.3, 0.4) is 0 Å². The molecule has 0 unspecified atom stereocenters. The van der Waals surface area contributed by atoms with E-state index in [2.05, 4.69) is 36.5 Å². The Morgan fingerprint density at radius 2 is 1.68 bits per heavy atom. The molecule has 0 bridgehead atoms. The van der Waals surface area contributed by atoms with Gasteiger partial charge in [-0.2, -0.15) is 11.8 Å². The van der Waals surface area contributed by atoms with Gasteiger partial charge in [0.1, 0.15) is 6.54 Å². The van der Waals surface area contributed by atoms with Crippen molar-refractivity contribution < 1.29 is 13.2 Å². The first kappa shape index (κ1) is 25.8. The van der Waals surface area contributed by atoms with Crippen molar-refractivity contribution in [3.05, 3.63) is 95.1 Å². The highest BCUT2D eigenvalue weighted by Gasteiger charge is 2.27. The summed E-state index contributed by atoms with van der Waals surface area (Å²) in [6, 6.07) is 22.1. The van der Waals surface area contributed by atoms with Crippen LogP contribution in [-0.2, 0) is 20.6 Å². The van der Waals surface area contributed by atoms with Gasteiger partial charge < -0.3 is 5.32 Å². The lowest BCUT2D eigenvalue weighted by Crippen LogP contribution is -2.41. The van der Waals surface area contributed by atoms with Crippen LogP contribution in [0.4, 0.5) is 5.69 Å². The lowest BCUT2D eigenvalue weighted by atomic mass is 10.1. The Kier molecular flexibility index (Phi) is 9.19. The number of nitrogens with zero attached hydrogens (tertiary/aromatic N) is 1. The maximum atomic E-state index is 13.4. The van der Waals surface area contributed by atoms with E-state index in [1.807, 2.05) is 37.7 Å². The summed E-state index contributed by atoms with van der Waals surface area (Å²) in [5, 5.41) is 2.88. The molecule has 5 nitrogen and oxygen atoms in total. The average Bonchev–Trinajstić information content (AvgIpc) is 2.82. The molecule has 0 atom stereocenters. The fourth-order valence-corrected chi connectivity index (χ4v) is 5.84. The van der Waals surface area contributed by atoms with Crippen LogP contribution in [0.5, 0.6) is 0 Å². The van der Waals surface area contributed by atoms with Crippen LogP contribution in [0.25, 0.3) is 0 Å². The highest BCUT2D eigenvalue weighted by Crippen LogP contribution is 2.25. The summed E-state index contributed by atoms with van der Waals surface area (Å²) in [5.41, 5.74) is 5.06. The zero-order chi connectivity index (χ0) is 24.6. The van der Waals surface area contributed by atoms with Crippen LogP contribution >= 0.6 is 11.8 Å². The number of rotatable bonds is 11. The SMILES string of the molecule is Cc1cccc(CSCCCNC(=O)CN(c2ccc(C)c(C)c2)S(=O)(=O)c2ccccc2)c1. The van der Waals surface area contributed by atoms with Gasteiger partial charge in [-0.1, -0.05) is 54.1 Å². The molecule has 0 saturated carbocycles. The van der Waals surface area contributed by atoms with Crippen molar-refractivity contribution in [3.8, 4) is 0 Å². The maximum absolute atomic E-state index is 13.4. The Labute approximate surface area is 207 Å². The average molecular weight is 497 g/mol. The summed E-state index contributed by atoms with van der Waals surface area (Å²) in [5.74, 6) is 1.53. The summed E-state index contributed by atoms with van der Waals surface area (Å²) in [4.78, 5) is 12.9. The Bertz CT molecular complexity index is 1210. The number of amides is 1. The van der Waals surface area contributed by atoms with Crippen molar-refractivity contribution in [2.24, 2.45) is 0 Å². The number of benzene rings is 3. The van der Waals surface area contributed by atoms with E-state index in [1.54, 1.807) is 36.4 Å². The number of hydrogen-bond donors (Lipinski definition) is 1. The molecular formula is C27H32N2O3S2. The molecule has 0 aliphatic rings. The molecular weight excluding hydrogens is 464 g/mol. The summed E-state index contributed by atoms with van der Waals surface area (Å²) in [6.45, 7) is 6.23. The number of hydrogen-bond acceptors (Lipinski definition) is 4. The van der Waals surface area contributed by atoms with Crippen molar-refractivity contribution in [2.75, 3.05) is 23.1 Å². The normalized spacial score (nSPS) is 11.3. The summed E-state index contributed by atoms with van der Waals surface area (Å²) in [7, 11) is -3.88. The molecule has 0 radical (unpaired) electrons. The minimum absolute atomic E-state index is 0.161. The smallest absolute Gasteiger partial charge is 0.264 e. The highest BCUT2D eigenvalue weighted by molar-refractivity contribution is 7.98. The van der Waals surface area contributed by atoms with Gasteiger partial charge in [0.25, 0.3) is 10.0 Å². The van der Waals surface area contributed by atoms with E-state index in [0.29, 0.717) is 12.2 Å². The summed E-state index contributed by atoms with van der Waals surface area (Å²) < 4.78 is 28.0. The molecule has 3 aromatic rings. The van der Waals surface area contributed by atoms with Gasteiger partial charge in [0, 0.05) is 12.3 Å². The van der Waals surface area contributed by atoms with Crippen molar-refractivity contribution in [2.45, 2.75) is 37.8 Å². The van der Waals surface area contributed by atoms with Gasteiger partial charge in [0.2, 0.25) is 5.91 Å². The van der Waals surface area contributed by atoms with Gasteiger partial charge >= 0.3 is 0 Å². The predicted molar refractivity (Wildman–Crippen MR) is 142 cm³/mol. The van der Waals surface area contributed by atoms with Gasteiger partial charge in [-0.25, -0.2) is 8.42 Å². The topological polar surface area (TPSA) is 66.5 Å². The first-order chi connectivity index (χ1) is 16.3. The van der Waals surface area contributed by atoms with Gasteiger partial charge in [-0.05, 0) is 73.9 Å². The molecule has 0 fully saturated rings. The monoisotopic (exact) mass is 496 g/mol. The van der Waals surface area contributed by atoms with Crippen LogP contribution in [0, 0.1) is 20.8 Å². The number of carbonyl (C=O) groups is 1. The third-order valence-electron chi connectivity index (χ3n) is 5.54. The van der Waals surface area contributed by atoms with Crippen LogP contribution in [0.2, 0.25) is 0 Å². The van der Waals surface area contributed by atoms with Gasteiger partial charge in [0.05, 0.1) is 10.6 Å². The van der Waals surface area contributed by atoms with Crippen molar-refractivity contribution in [1.29, 1.82) is 0 Å². The Balaban J connectivity index is 1.59. The largest absolute Gasteiger partial charge is 0.354 e. The zero-order valence-electron chi connectivity index (χ0n) is 20.0. The molecule has 180 valence electrons. The fourth-order valence-electron chi connectivity index (χ4n) is 3.50. The van der Waals surface area contributed by atoms with Crippen LogP contribution < -0.4 is 9.62 Å². The van der Waals surface area contributed by atoms with E-state index in [0.717, 1.165) is 29.1 Å². The van der Waals surface area contributed by atoms with E-state index < -0.39 is 10.0 Å². The number of sulfonamides is 1. The fraction of sp³-hybridized carbons (Fsp3) is 0.296. The number of anilines is 1. The summed E-state index contributed by atoms with van der Waals surface area (Å²) in [6.07, 6.45) is 0.817. The Morgan fingerprint density at radius 3 is 2.38 bits per heavy atom.